The lowest BCUT2D eigenvalue weighted by Gasteiger charge is -2.07. The van der Waals surface area contributed by atoms with E-state index in [0.29, 0.717) is 35.8 Å². The Morgan fingerprint density at radius 1 is 1.25 bits per heavy atom. The van der Waals surface area contributed by atoms with Crippen LogP contribution in [-0.2, 0) is 11.3 Å². The summed E-state index contributed by atoms with van der Waals surface area (Å²) in [5, 5.41) is 13.2. The number of aromatic nitrogens is 4. The van der Waals surface area contributed by atoms with Crippen molar-refractivity contribution in [1.29, 1.82) is 0 Å². The average molecular weight is 400 g/mol. The largest absolute Gasteiger partial charge is 0.301 e. The summed E-state index contributed by atoms with van der Waals surface area (Å²) in [6.45, 7) is 6.63. The molecule has 1 aromatic carbocycles. The van der Waals surface area contributed by atoms with Crippen LogP contribution in [0.15, 0.2) is 29.3 Å². The minimum Gasteiger partial charge on any atom is -0.301 e. The van der Waals surface area contributed by atoms with Crippen LogP contribution in [0.25, 0.3) is 10.9 Å². The Morgan fingerprint density at radius 2 is 2.04 bits per heavy atom. The number of nitrogens with one attached hydrogen (secondary N) is 1. The maximum Gasteiger partial charge on any atom is 0.261 e. The third-order valence-corrected chi connectivity index (χ3v) is 5.88. The van der Waals surface area contributed by atoms with Crippen molar-refractivity contribution < 1.29 is 4.79 Å². The fraction of sp³-hybridized carbons (Fsp3) is 0.450. The fourth-order valence-electron chi connectivity index (χ4n) is 3.18. The van der Waals surface area contributed by atoms with Crippen LogP contribution >= 0.6 is 11.3 Å². The van der Waals surface area contributed by atoms with Gasteiger partial charge >= 0.3 is 0 Å². The first kappa shape index (κ1) is 20.1. The van der Waals surface area contributed by atoms with Crippen LogP contribution in [0.1, 0.15) is 56.0 Å². The summed E-state index contributed by atoms with van der Waals surface area (Å²) in [4.78, 5) is 29.2. The van der Waals surface area contributed by atoms with E-state index in [-0.39, 0.29) is 11.5 Å². The van der Waals surface area contributed by atoms with Gasteiger partial charge in [0.25, 0.3) is 5.56 Å². The lowest BCUT2D eigenvalue weighted by atomic mass is 10.1. The molecule has 0 saturated heterocycles. The van der Waals surface area contributed by atoms with Gasteiger partial charge in [0.05, 0.1) is 17.2 Å². The van der Waals surface area contributed by atoms with E-state index in [9.17, 15) is 9.59 Å². The number of aryl methyl sites for hydroxylation is 2. The normalized spacial score (nSPS) is 11.3. The molecule has 0 aliphatic carbocycles. The van der Waals surface area contributed by atoms with Gasteiger partial charge in [-0.15, -0.1) is 10.2 Å². The molecule has 28 heavy (non-hydrogen) atoms. The first-order valence-electron chi connectivity index (χ1n) is 9.61. The molecule has 1 amide bonds. The first-order chi connectivity index (χ1) is 13.5. The summed E-state index contributed by atoms with van der Waals surface area (Å²) in [7, 11) is 0. The second-order valence-electron chi connectivity index (χ2n) is 6.82. The number of hydrogen-bond donors (Lipinski definition) is 1. The van der Waals surface area contributed by atoms with Crippen molar-refractivity contribution in [2.45, 2.75) is 58.9 Å². The van der Waals surface area contributed by atoms with Gasteiger partial charge in [0, 0.05) is 18.9 Å². The van der Waals surface area contributed by atoms with Crippen molar-refractivity contribution in [3.63, 3.8) is 0 Å². The number of carbonyl (C=O) groups excluding carboxylic acids is 1. The molecule has 3 rings (SSSR count). The fourth-order valence-corrected chi connectivity index (χ4v) is 4.20. The Balaban J connectivity index is 1.57. The summed E-state index contributed by atoms with van der Waals surface area (Å²) in [5.74, 6) is 0.268. The van der Waals surface area contributed by atoms with Crippen LogP contribution < -0.4 is 10.9 Å². The Labute approximate surface area is 167 Å². The van der Waals surface area contributed by atoms with Crippen LogP contribution in [0.5, 0.6) is 0 Å². The Hall–Kier alpha value is -2.61. The molecule has 2 aromatic heterocycles. The second kappa shape index (κ2) is 9.05. The van der Waals surface area contributed by atoms with Crippen LogP contribution in [-0.4, -0.2) is 25.7 Å². The van der Waals surface area contributed by atoms with Gasteiger partial charge in [-0.25, -0.2) is 4.98 Å². The van der Waals surface area contributed by atoms with Gasteiger partial charge in [-0.05, 0) is 37.8 Å². The van der Waals surface area contributed by atoms with Gasteiger partial charge in [0.15, 0.2) is 0 Å². The monoisotopic (exact) mass is 399 g/mol. The molecule has 3 aromatic rings. The zero-order chi connectivity index (χ0) is 20.1. The maximum absolute atomic E-state index is 12.6. The molecule has 0 fully saturated rings. The SMILES string of the molecule is CCC(CC)c1nnc(NC(=O)CCCn2cnc3c(C)cccc3c2=O)s1. The molecular weight excluding hydrogens is 374 g/mol. The van der Waals surface area contributed by atoms with Crippen molar-refractivity contribution in [2.24, 2.45) is 0 Å². The molecule has 0 radical (unpaired) electrons. The van der Waals surface area contributed by atoms with Crippen LogP contribution in [0.2, 0.25) is 0 Å². The van der Waals surface area contributed by atoms with E-state index in [0.717, 1.165) is 28.9 Å². The summed E-state index contributed by atoms with van der Waals surface area (Å²) < 4.78 is 1.56. The molecule has 0 aliphatic rings. The van der Waals surface area contributed by atoms with Crippen molar-refractivity contribution in [3.05, 3.63) is 45.5 Å². The summed E-state index contributed by atoms with van der Waals surface area (Å²) in [6, 6.07) is 5.58. The van der Waals surface area contributed by atoms with Gasteiger partial charge in [-0.1, -0.05) is 37.3 Å². The van der Waals surface area contributed by atoms with Crippen LogP contribution in [0.3, 0.4) is 0 Å². The molecule has 0 saturated carbocycles. The molecule has 0 unspecified atom stereocenters. The number of hydrogen-bond acceptors (Lipinski definition) is 6. The number of carbonyl (C=O) groups is 1. The average Bonchev–Trinajstić information content (AvgIpc) is 3.13. The van der Waals surface area contributed by atoms with Gasteiger partial charge in [-0.3, -0.25) is 14.2 Å². The standard InChI is InChI=1S/C20H25N5O2S/c1-4-14(5-2)18-23-24-20(28-18)22-16(26)10-7-11-25-12-21-17-13(3)8-6-9-15(17)19(25)27/h6,8-9,12,14H,4-5,7,10-11H2,1-3H3,(H,22,24,26). The second-order valence-corrected chi connectivity index (χ2v) is 7.83. The number of anilines is 1. The van der Waals surface area contributed by atoms with E-state index in [1.165, 1.54) is 11.3 Å². The number of rotatable bonds is 8. The molecule has 0 spiro atoms. The van der Waals surface area contributed by atoms with E-state index in [1.54, 1.807) is 17.0 Å². The third kappa shape index (κ3) is 4.44. The molecule has 2 heterocycles. The van der Waals surface area contributed by atoms with E-state index < -0.39 is 0 Å². The molecule has 8 heteroatoms. The predicted molar refractivity (Wildman–Crippen MR) is 112 cm³/mol. The molecule has 0 bridgehead atoms. The van der Waals surface area contributed by atoms with Crippen molar-refractivity contribution in [1.82, 2.24) is 19.7 Å². The first-order valence-corrected chi connectivity index (χ1v) is 10.4. The lowest BCUT2D eigenvalue weighted by molar-refractivity contribution is -0.116. The third-order valence-electron chi connectivity index (χ3n) is 4.88. The predicted octanol–water partition coefficient (Wildman–Crippen LogP) is 3.88. The van der Waals surface area contributed by atoms with E-state index in [1.807, 2.05) is 19.1 Å². The van der Waals surface area contributed by atoms with Crippen LogP contribution in [0, 0.1) is 6.92 Å². The van der Waals surface area contributed by atoms with E-state index in [4.69, 9.17) is 0 Å². The van der Waals surface area contributed by atoms with E-state index in [2.05, 4.69) is 34.3 Å². The zero-order valence-electron chi connectivity index (χ0n) is 16.4. The number of benzene rings is 1. The summed E-state index contributed by atoms with van der Waals surface area (Å²) >= 11 is 1.43. The molecule has 148 valence electrons. The van der Waals surface area contributed by atoms with Gasteiger partial charge < -0.3 is 5.32 Å². The number of para-hydroxylation sites is 1. The van der Waals surface area contributed by atoms with Crippen molar-refractivity contribution >= 4 is 33.3 Å². The molecule has 0 aliphatic heterocycles. The highest BCUT2D eigenvalue weighted by Gasteiger charge is 2.14. The smallest absolute Gasteiger partial charge is 0.261 e. The number of fused-ring (bicyclic) bond motifs is 1. The van der Waals surface area contributed by atoms with E-state index >= 15 is 0 Å². The lowest BCUT2D eigenvalue weighted by Crippen LogP contribution is -2.22. The maximum atomic E-state index is 12.6. The quantitative estimate of drug-likeness (QED) is 0.621. The van der Waals surface area contributed by atoms with Gasteiger partial charge in [0.2, 0.25) is 11.0 Å². The minimum atomic E-state index is -0.120. The number of amides is 1. The molecule has 7 nitrogen and oxygen atoms in total. The van der Waals surface area contributed by atoms with Crippen LogP contribution in [0.4, 0.5) is 5.13 Å². The van der Waals surface area contributed by atoms with Gasteiger partial charge in [0.1, 0.15) is 5.01 Å². The Kier molecular flexibility index (Phi) is 6.51. The molecule has 1 N–H and O–H groups in total. The zero-order valence-corrected chi connectivity index (χ0v) is 17.3. The Morgan fingerprint density at radius 3 is 2.79 bits per heavy atom. The topological polar surface area (TPSA) is 89.8 Å². The summed E-state index contributed by atoms with van der Waals surface area (Å²) in [5.41, 5.74) is 1.63. The Bertz CT molecular complexity index is 1020. The highest BCUT2D eigenvalue weighted by molar-refractivity contribution is 7.15. The molecule has 0 atom stereocenters. The minimum absolute atomic E-state index is 0.0759. The van der Waals surface area contributed by atoms with Gasteiger partial charge in [-0.2, -0.15) is 0 Å². The van der Waals surface area contributed by atoms with Crippen molar-refractivity contribution in [3.8, 4) is 0 Å². The number of nitrogens with zero attached hydrogens (tertiary/aromatic N) is 4. The highest BCUT2D eigenvalue weighted by atomic mass is 32.1. The molecular formula is C20H25N5O2S. The van der Waals surface area contributed by atoms with Crippen molar-refractivity contribution in [2.75, 3.05) is 5.32 Å². The highest BCUT2D eigenvalue weighted by Crippen LogP contribution is 2.28. The summed E-state index contributed by atoms with van der Waals surface area (Å²) in [6.07, 6.45) is 4.42.